The Balaban J connectivity index is 1.86. The van der Waals surface area contributed by atoms with Gasteiger partial charge in [-0.1, -0.05) is 26.7 Å². The third kappa shape index (κ3) is 2.87. The van der Waals surface area contributed by atoms with Crippen molar-refractivity contribution in [2.75, 3.05) is 19.6 Å². The number of hydrogen-bond acceptors (Lipinski definition) is 2. The maximum absolute atomic E-state index is 12.5. The molecule has 3 heteroatoms. The second-order valence-corrected chi connectivity index (χ2v) is 6.39. The van der Waals surface area contributed by atoms with E-state index in [9.17, 15) is 4.79 Å². The van der Waals surface area contributed by atoms with Crippen molar-refractivity contribution in [3.63, 3.8) is 0 Å². The van der Waals surface area contributed by atoms with Crippen LogP contribution in [0.25, 0.3) is 0 Å². The van der Waals surface area contributed by atoms with Gasteiger partial charge < -0.3 is 10.6 Å². The first-order valence-electron chi connectivity index (χ1n) is 7.65. The fraction of sp³-hybridized carbons (Fsp3) is 0.933. The maximum atomic E-state index is 12.5. The Morgan fingerprint density at radius 1 is 1.17 bits per heavy atom. The zero-order chi connectivity index (χ0) is 13.1. The summed E-state index contributed by atoms with van der Waals surface area (Å²) in [7, 11) is 0. The number of amides is 1. The zero-order valence-corrected chi connectivity index (χ0v) is 12.0. The summed E-state index contributed by atoms with van der Waals surface area (Å²) in [6, 6.07) is 0. The van der Waals surface area contributed by atoms with Crippen LogP contribution in [0, 0.1) is 10.8 Å². The summed E-state index contributed by atoms with van der Waals surface area (Å²) in [6.07, 6.45) is 8.24. The molecule has 1 heterocycles. The molecule has 1 saturated heterocycles. The van der Waals surface area contributed by atoms with Crippen molar-refractivity contribution in [2.45, 2.75) is 58.8 Å². The van der Waals surface area contributed by atoms with E-state index in [0.29, 0.717) is 11.3 Å². The fourth-order valence-electron chi connectivity index (χ4n) is 3.42. The van der Waals surface area contributed by atoms with Crippen LogP contribution >= 0.6 is 0 Å². The van der Waals surface area contributed by atoms with Gasteiger partial charge in [0.15, 0.2) is 0 Å². The molecule has 0 aromatic carbocycles. The van der Waals surface area contributed by atoms with Gasteiger partial charge in [0.05, 0.1) is 5.41 Å². The molecule has 1 atom stereocenters. The lowest BCUT2D eigenvalue weighted by Crippen LogP contribution is -2.44. The molecule has 2 rings (SSSR count). The van der Waals surface area contributed by atoms with Crippen LogP contribution in [0.3, 0.4) is 0 Å². The van der Waals surface area contributed by atoms with Gasteiger partial charge in [-0.2, -0.15) is 0 Å². The van der Waals surface area contributed by atoms with Crippen LogP contribution in [-0.4, -0.2) is 25.5 Å². The normalized spacial score (nSPS) is 29.2. The first kappa shape index (κ1) is 13.9. The van der Waals surface area contributed by atoms with E-state index in [2.05, 4.69) is 24.5 Å². The van der Waals surface area contributed by atoms with Gasteiger partial charge in [0, 0.05) is 13.1 Å². The molecule has 2 N–H and O–H groups in total. The lowest BCUT2D eigenvalue weighted by atomic mass is 9.81. The van der Waals surface area contributed by atoms with E-state index >= 15 is 0 Å². The monoisotopic (exact) mass is 252 g/mol. The van der Waals surface area contributed by atoms with E-state index in [1.54, 1.807) is 0 Å². The quantitative estimate of drug-likeness (QED) is 0.731. The van der Waals surface area contributed by atoms with Gasteiger partial charge in [-0.15, -0.1) is 0 Å². The van der Waals surface area contributed by atoms with Crippen molar-refractivity contribution >= 4 is 5.91 Å². The Morgan fingerprint density at radius 3 is 2.39 bits per heavy atom. The molecule has 18 heavy (non-hydrogen) atoms. The maximum Gasteiger partial charge on any atom is 0.227 e. The highest BCUT2D eigenvalue weighted by atomic mass is 16.2. The molecule has 2 fully saturated rings. The van der Waals surface area contributed by atoms with Gasteiger partial charge in [0.2, 0.25) is 5.91 Å². The van der Waals surface area contributed by atoms with Crippen molar-refractivity contribution in [3.8, 4) is 0 Å². The second-order valence-electron chi connectivity index (χ2n) is 6.39. The zero-order valence-electron chi connectivity index (χ0n) is 12.0. The van der Waals surface area contributed by atoms with Gasteiger partial charge in [-0.05, 0) is 44.1 Å². The van der Waals surface area contributed by atoms with Crippen LogP contribution in [0.4, 0.5) is 0 Å². The van der Waals surface area contributed by atoms with Crippen molar-refractivity contribution in [1.29, 1.82) is 0 Å². The number of carbonyl (C=O) groups is 1. The average molecular weight is 252 g/mol. The third-order valence-corrected chi connectivity index (χ3v) is 4.82. The summed E-state index contributed by atoms with van der Waals surface area (Å²) in [5.41, 5.74) is 0.348. The van der Waals surface area contributed by atoms with Crippen molar-refractivity contribution in [1.82, 2.24) is 10.6 Å². The van der Waals surface area contributed by atoms with E-state index in [0.717, 1.165) is 38.9 Å². The summed E-state index contributed by atoms with van der Waals surface area (Å²) >= 11 is 0. The van der Waals surface area contributed by atoms with Gasteiger partial charge >= 0.3 is 0 Å². The van der Waals surface area contributed by atoms with Crippen LogP contribution in [0.15, 0.2) is 0 Å². The minimum Gasteiger partial charge on any atom is -0.355 e. The van der Waals surface area contributed by atoms with Gasteiger partial charge in [0.1, 0.15) is 0 Å². The highest BCUT2D eigenvalue weighted by molar-refractivity contribution is 5.83. The first-order valence-corrected chi connectivity index (χ1v) is 7.65. The highest BCUT2D eigenvalue weighted by Crippen LogP contribution is 2.49. The van der Waals surface area contributed by atoms with Gasteiger partial charge in [-0.3, -0.25) is 4.79 Å². The van der Waals surface area contributed by atoms with E-state index in [-0.39, 0.29) is 5.41 Å². The Morgan fingerprint density at radius 2 is 1.89 bits per heavy atom. The Bertz CT molecular complexity index is 291. The lowest BCUT2D eigenvalue weighted by Gasteiger charge is -2.27. The molecule has 1 aliphatic carbocycles. The Kier molecular flexibility index (Phi) is 4.31. The van der Waals surface area contributed by atoms with Gasteiger partial charge in [-0.25, -0.2) is 0 Å². The standard InChI is InChI=1S/C15H28N2O/c1-3-5-14(7-8-14)11-17-13(18)15(6-4-2)9-10-16-12-15/h16H,3-12H2,1-2H3,(H,17,18). The van der Waals surface area contributed by atoms with Crippen LogP contribution in [0.5, 0.6) is 0 Å². The smallest absolute Gasteiger partial charge is 0.227 e. The number of carbonyl (C=O) groups excluding carboxylic acids is 1. The number of hydrogen-bond donors (Lipinski definition) is 2. The molecule has 1 unspecified atom stereocenters. The summed E-state index contributed by atoms with van der Waals surface area (Å²) in [5.74, 6) is 0.303. The summed E-state index contributed by atoms with van der Waals surface area (Å²) in [5, 5.41) is 6.61. The third-order valence-electron chi connectivity index (χ3n) is 4.82. The minimum atomic E-state index is -0.114. The topological polar surface area (TPSA) is 41.1 Å². The fourth-order valence-corrected chi connectivity index (χ4v) is 3.42. The average Bonchev–Trinajstić information content (AvgIpc) is 2.95. The molecule has 3 nitrogen and oxygen atoms in total. The van der Waals surface area contributed by atoms with E-state index in [1.807, 2.05) is 0 Å². The summed E-state index contributed by atoms with van der Waals surface area (Å²) in [6.45, 7) is 7.18. The summed E-state index contributed by atoms with van der Waals surface area (Å²) < 4.78 is 0. The highest BCUT2D eigenvalue weighted by Gasteiger charge is 2.44. The number of nitrogens with one attached hydrogen (secondary N) is 2. The number of rotatable bonds is 7. The molecule has 1 amide bonds. The second kappa shape index (κ2) is 5.60. The van der Waals surface area contributed by atoms with Crippen molar-refractivity contribution in [3.05, 3.63) is 0 Å². The van der Waals surface area contributed by atoms with Crippen LogP contribution in [0.1, 0.15) is 58.8 Å². The molecule has 2 aliphatic rings. The minimum absolute atomic E-state index is 0.114. The van der Waals surface area contributed by atoms with Crippen molar-refractivity contribution < 1.29 is 4.79 Å². The molecule has 1 aliphatic heterocycles. The first-order chi connectivity index (χ1) is 8.66. The van der Waals surface area contributed by atoms with Crippen LogP contribution in [0.2, 0.25) is 0 Å². The van der Waals surface area contributed by atoms with E-state index in [4.69, 9.17) is 0 Å². The van der Waals surface area contributed by atoms with Gasteiger partial charge in [0.25, 0.3) is 0 Å². The molecule has 0 bridgehead atoms. The van der Waals surface area contributed by atoms with Crippen LogP contribution < -0.4 is 10.6 Å². The molecule has 104 valence electrons. The summed E-state index contributed by atoms with van der Waals surface area (Å²) in [4.78, 5) is 12.5. The predicted molar refractivity (Wildman–Crippen MR) is 74.4 cm³/mol. The molecule has 0 aromatic rings. The molecule has 0 spiro atoms. The Labute approximate surface area is 111 Å². The van der Waals surface area contributed by atoms with Crippen molar-refractivity contribution in [2.24, 2.45) is 10.8 Å². The molecular formula is C15H28N2O. The van der Waals surface area contributed by atoms with Crippen LogP contribution in [-0.2, 0) is 4.79 Å². The largest absolute Gasteiger partial charge is 0.355 e. The lowest BCUT2D eigenvalue weighted by molar-refractivity contribution is -0.130. The molecule has 0 aromatic heterocycles. The SMILES string of the molecule is CCCC1(CNC(=O)C2(CCC)CCNC2)CC1. The predicted octanol–water partition coefficient (Wildman–Crippen LogP) is 2.46. The Hall–Kier alpha value is -0.570. The molecule has 1 saturated carbocycles. The van der Waals surface area contributed by atoms with E-state index < -0.39 is 0 Å². The molecular weight excluding hydrogens is 224 g/mol. The van der Waals surface area contributed by atoms with E-state index in [1.165, 1.54) is 25.7 Å². The molecule has 0 radical (unpaired) electrons.